The van der Waals surface area contributed by atoms with Crippen molar-refractivity contribution in [2.75, 3.05) is 38.6 Å². The van der Waals surface area contributed by atoms with Gasteiger partial charge in [0, 0.05) is 37.7 Å². The summed E-state index contributed by atoms with van der Waals surface area (Å²) in [6, 6.07) is 10.5. The number of rotatable bonds is 11. The zero-order valence-electron chi connectivity index (χ0n) is 13.8. The fourth-order valence-corrected chi connectivity index (χ4v) is 2.69. The largest absolute Gasteiger partial charge is 0.382 e. The van der Waals surface area contributed by atoms with Crippen molar-refractivity contribution in [3.63, 3.8) is 0 Å². The average Bonchev–Trinajstić information content (AvgIpc) is 2.55. The summed E-state index contributed by atoms with van der Waals surface area (Å²) >= 11 is 1.89. The van der Waals surface area contributed by atoms with E-state index in [0.717, 1.165) is 57.4 Å². The molecule has 124 valence electrons. The molecule has 0 fully saturated rings. The zero-order valence-corrected chi connectivity index (χ0v) is 14.6. The first-order valence-corrected chi connectivity index (χ1v) is 9.13. The maximum absolute atomic E-state index is 5.33. The van der Waals surface area contributed by atoms with Crippen molar-refractivity contribution in [1.29, 1.82) is 0 Å². The molecule has 0 radical (unpaired) electrons. The molecule has 0 saturated carbocycles. The number of guanidine groups is 1. The first-order chi connectivity index (χ1) is 10.9. The van der Waals surface area contributed by atoms with E-state index >= 15 is 0 Å². The summed E-state index contributed by atoms with van der Waals surface area (Å²) in [6.07, 6.45) is 2.08. The highest BCUT2D eigenvalue weighted by Crippen LogP contribution is 2.17. The van der Waals surface area contributed by atoms with E-state index in [4.69, 9.17) is 4.74 Å². The molecule has 0 saturated heterocycles. The van der Waals surface area contributed by atoms with Crippen molar-refractivity contribution >= 4 is 17.7 Å². The molecule has 0 unspecified atom stereocenters. The molecule has 1 aromatic rings. The molecule has 0 atom stereocenters. The van der Waals surface area contributed by atoms with Crippen LogP contribution in [0.5, 0.6) is 0 Å². The first kappa shape index (κ1) is 18.8. The Labute approximate surface area is 139 Å². The van der Waals surface area contributed by atoms with E-state index in [1.54, 1.807) is 0 Å². The molecule has 1 aromatic carbocycles. The van der Waals surface area contributed by atoms with Gasteiger partial charge in [0.25, 0.3) is 0 Å². The van der Waals surface area contributed by atoms with Crippen LogP contribution in [0.1, 0.15) is 26.7 Å². The Kier molecular flexibility index (Phi) is 11.5. The lowest BCUT2D eigenvalue weighted by atomic mass is 10.4. The highest BCUT2D eigenvalue weighted by molar-refractivity contribution is 7.99. The Balaban J connectivity index is 2.15. The van der Waals surface area contributed by atoms with Gasteiger partial charge in [0.05, 0.1) is 0 Å². The van der Waals surface area contributed by atoms with Crippen LogP contribution in [0.2, 0.25) is 0 Å². The standard InChI is InChI=1S/C17H29N3OS/c1-3-18-17(19-12-8-14-21-4-2)20-13-9-15-22-16-10-6-5-7-11-16/h5-7,10-11H,3-4,8-9,12-15H2,1-2H3,(H2,18,19,20). The second-order valence-electron chi connectivity index (χ2n) is 4.75. The number of ether oxygens (including phenoxy) is 1. The van der Waals surface area contributed by atoms with Crippen molar-refractivity contribution < 1.29 is 4.74 Å². The lowest BCUT2D eigenvalue weighted by molar-refractivity contribution is 0.145. The van der Waals surface area contributed by atoms with Crippen LogP contribution in [0.4, 0.5) is 0 Å². The second-order valence-corrected chi connectivity index (χ2v) is 5.92. The molecule has 5 heteroatoms. The lowest BCUT2D eigenvalue weighted by Crippen LogP contribution is -2.38. The van der Waals surface area contributed by atoms with Gasteiger partial charge in [0.1, 0.15) is 0 Å². The Morgan fingerprint density at radius 1 is 1.14 bits per heavy atom. The van der Waals surface area contributed by atoms with Gasteiger partial charge in [-0.15, -0.1) is 11.8 Å². The molecule has 0 aromatic heterocycles. The van der Waals surface area contributed by atoms with Gasteiger partial charge >= 0.3 is 0 Å². The number of hydrogen-bond donors (Lipinski definition) is 2. The highest BCUT2D eigenvalue weighted by Gasteiger charge is 1.97. The lowest BCUT2D eigenvalue weighted by Gasteiger charge is -2.11. The van der Waals surface area contributed by atoms with Crippen molar-refractivity contribution in [3.8, 4) is 0 Å². The minimum Gasteiger partial charge on any atom is -0.382 e. The van der Waals surface area contributed by atoms with E-state index in [9.17, 15) is 0 Å². The van der Waals surface area contributed by atoms with Gasteiger partial charge < -0.3 is 15.4 Å². The van der Waals surface area contributed by atoms with Crippen LogP contribution in [-0.4, -0.2) is 44.6 Å². The molecule has 0 heterocycles. The molecule has 4 nitrogen and oxygen atoms in total. The average molecular weight is 324 g/mol. The Morgan fingerprint density at radius 2 is 1.95 bits per heavy atom. The van der Waals surface area contributed by atoms with Gasteiger partial charge in [0.2, 0.25) is 0 Å². The van der Waals surface area contributed by atoms with Gasteiger partial charge in [0.15, 0.2) is 5.96 Å². The number of nitrogens with zero attached hydrogens (tertiary/aromatic N) is 1. The van der Waals surface area contributed by atoms with Gasteiger partial charge in [-0.05, 0) is 44.6 Å². The highest BCUT2D eigenvalue weighted by atomic mass is 32.2. The minimum atomic E-state index is 0.785. The second kappa shape index (κ2) is 13.5. The molecule has 0 aliphatic carbocycles. The predicted molar refractivity (Wildman–Crippen MR) is 96.9 cm³/mol. The fourth-order valence-electron chi connectivity index (χ4n) is 1.83. The van der Waals surface area contributed by atoms with Crippen molar-refractivity contribution in [2.24, 2.45) is 4.99 Å². The van der Waals surface area contributed by atoms with Crippen LogP contribution in [0.15, 0.2) is 40.2 Å². The van der Waals surface area contributed by atoms with E-state index in [1.165, 1.54) is 4.90 Å². The van der Waals surface area contributed by atoms with Gasteiger partial charge in [-0.3, -0.25) is 4.99 Å². The number of thioether (sulfide) groups is 1. The van der Waals surface area contributed by atoms with Crippen LogP contribution < -0.4 is 10.6 Å². The Morgan fingerprint density at radius 3 is 2.68 bits per heavy atom. The third-order valence-electron chi connectivity index (χ3n) is 2.89. The molecule has 0 aliphatic heterocycles. The molecule has 2 N–H and O–H groups in total. The maximum Gasteiger partial charge on any atom is 0.191 e. The van der Waals surface area contributed by atoms with E-state index < -0.39 is 0 Å². The third-order valence-corrected chi connectivity index (χ3v) is 3.99. The summed E-state index contributed by atoms with van der Waals surface area (Å²) in [5.41, 5.74) is 0. The fraction of sp³-hybridized carbons (Fsp3) is 0.588. The molecule has 22 heavy (non-hydrogen) atoms. The minimum absolute atomic E-state index is 0.785. The van der Waals surface area contributed by atoms with Crippen LogP contribution in [0.3, 0.4) is 0 Å². The molecule has 0 amide bonds. The third kappa shape index (κ3) is 9.68. The Bertz CT molecular complexity index is 398. The molecular formula is C17H29N3OS. The summed E-state index contributed by atoms with van der Waals surface area (Å²) in [5, 5.41) is 6.61. The van der Waals surface area contributed by atoms with Crippen molar-refractivity contribution in [3.05, 3.63) is 30.3 Å². The Hall–Kier alpha value is -1.20. The quantitative estimate of drug-likeness (QED) is 0.284. The van der Waals surface area contributed by atoms with Crippen LogP contribution >= 0.6 is 11.8 Å². The normalized spacial score (nSPS) is 11.5. The van der Waals surface area contributed by atoms with Gasteiger partial charge in [-0.25, -0.2) is 0 Å². The topological polar surface area (TPSA) is 45.7 Å². The summed E-state index contributed by atoms with van der Waals surface area (Å²) in [4.78, 5) is 5.93. The molecular weight excluding hydrogens is 294 g/mol. The maximum atomic E-state index is 5.33. The SMILES string of the molecule is CCNC(=NCCCSc1ccccc1)NCCCOCC. The van der Waals surface area contributed by atoms with E-state index in [1.807, 2.05) is 24.8 Å². The smallest absolute Gasteiger partial charge is 0.191 e. The first-order valence-electron chi connectivity index (χ1n) is 8.14. The summed E-state index contributed by atoms with van der Waals surface area (Å²) < 4.78 is 5.33. The summed E-state index contributed by atoms with van der Waals surface area (Å²) in [6.45, 7) is 8.32. The molecule has 0 spiro atoms. The van der Waals surface area contributed by atoms with E-state index in [0.29, 0.717) is 0 Å². The van der Waals surface area contributed by atoms with E-state index in [-0.39, 0.29) is 0 Å². The van der Waals surface area contributed by atoms with Crippen molar-refractivity contribution in [1.82, 2.24) is 10.6 Å². The summed E-state index contributed by atoms with van der Waals surface area (Å²) in [7, 11) is 0. The monoisotopic (exact) mass is 323 g/mol. The van der Waals surface area contributed by atoms with Gasteiger partial charge in [-0.2, -0.15) is 0 Å². The molecule has 0 aliphatic rings. The zero-order chi connectivity index (χ0) is 15.9. The van der Waals surface area contributed by atoms with Gasteiger partial charge in [-0.1, -0.05) is 18.2 Å². The van der Waals surface area contributed by atoms with E-state index in [2.05, 4.69) is 46.8 Å². The predicted octanol–water partition coefficient (Wildman–Crippen LogP) is 3.15. The molecule has 1 rings (SSSR count). The van der Waals surface area contributed by atoms with Crippen LogP contribution in [-0.2, 0) is 4.74 Å². The van der Waals surface area contributed by atoms with Crippen molar-refractivity contribution in [2.45, 2.75) is 31.6 Å². The van der Waals surface area contributed by atoms with Crippen LogP contribution in [0.25, 0.3) is 0 Å². The number of benzene rings is 1. The number of aliphatic imine (C=N–C) groups is 1. The summed E-state index contributed by atoms with van der Waals surface area (Å²) in [5.74, 6) is 2.00. The number of hydrogen-bond acceptors (Lipinski definition) is 3. The number of nitrogens with one attached hydrogen (secondary N) is 2. The van der Waals surface area contributed by atoms with Crippen LogP contribution in [0, 0.1) is 0 Å². The molecule has 0 bridgehead atoms.